The molecule has 1 aliphatic heterocycles. The van der Waals surface area contributed by atoms with Gasteiger partial charge in [0.2, 0.25) is 0 Å². The highest BCUT2D eigenvalue weighted by atomic mass is 32.2. The summed E-state index contributed by atoms with van der Waals surface area (Å²) in [6.07, 6.45) is 2.05. The fraction of sp³-hybridized carbons (Fsp3) is 1.00. The lowest BCUT2D eigenvalue weighted by atomic mass is 10.2. The zero-order valence-electron chi connectivity index (χ0n) is 5.33. The van der Waals surface area contributed by atoms with Gasteiger partial charge in [-0.3, -0.25) is 8.37 Å². The second kappa shape index (κ2) is 3.29. The van der Waals surface area contributed by atoms with Gasteiger partial charge in [-0.15, -0.1) is 0 Å². The molecule has 0 N–H and O–H groups in total. The van der Waals surface area contributed by atoms with E-state index in [-0.39, 0.29) is 6.10 Å². The molecule has 1 aliphatic rings. The molecule has 0 radical (unpaired) electrons. The summed E-state index contributed by atoms with van der Waals surface area (Å²) in [6.45, 7) is 2.55. The summed E-state index contributed by atoms with van der Waals surface area (Å²) >= 11 is -1.45. The molecule has 2 atom stereocenters. The monoisotopic (exact) mass is 150 g/mol. The molecule has 0 spiro atoms. The first kappa shape index (κ1) is 7.18. The molecule has 9 heavy (non-hydrogen) atoms. The second-order valence-corrected chi connectivity index (χ2v) is 2.83. The van der Waals surface area contributed by atoms with Crippen molar-refractivity contribution in [1.29, 1.82) is 0 Å². The van der Waals surface area contributed by atoms with Gasteiger partial charge < -0.3 is 0 Å². The Morgan fingerprint density at radius 3 is 3.00 bits per heavy atom. The van der Waals surface area contributed by atoms with Gasteiger partial charge in [0.1, 0.15) is 6.10 Å². The zero-order valence-corrected chi connectivity index (χ0v) is 6.15. The Balaban J connectivity index is 2.22. The van der Waals surface area contributed by atoms with Gasteiger partial charge in [-0.25, -0.2) is 0 Å². The lowest BCUT2D eigenvalue weighted by Gasteiger charge is -1.99. The Labute approximate surface area is 57.2 Å². The van der Waals surface area contributed by atoms with Crippen molar-refractivity contribution in [3.05, 3.63) is 0 Å². The number of hydrogen-bond donors (Lipinski definition) is 0. The van der Waals surface area contributed by atoms with Gasteiger partial charge in [0.15, 0.2) is 0 Å². The molecular formula is C5H10O3S. The summed E-state index contributed by atoms with van der Waals surface area (Å²) in [6, 6.07) is 0. The van der Waals surface area contributed by atoms with Crippen LogP contribution in [0.15, 0.2) is 0 Å². The average Bonchev–Trinajstić information content (AvgIpc) is 2.17. The molecule has 1 fully saturated rings. The molecule has 0 aromatic carbocycles. The van der Waals surface area contributed by atoms with Crippen molar-refractivity contribution in [2.45, 2.75) is 25.9 Å². The van der Waals surface area contributed by atoms with Crippen LogP contribution in [-0.2, 0) is 19.7 Å². The van der Waals surface area contributed by atoms with Crippen LogP contribution in [0.1, 0.15) is 19.8 Å². The second-order valence-electron chi connectivity index (χ2n) is 2.00. The van der Waals surface area contributed by atoms with E-state index in [4.69, 9.17) is 4.18 Å². The molecule has 54 valence electrons. The Morgan fingerprint density at radius 2 is 2.56 bits per heavy atom. The normalized spacial score (nSPS) is 35.2. The van der Waals surface area contributed by atoms with Crippen LogP contribution in [0.5, 0.6) is 0 Å². The Bertz CT molecular complexity index is 115. The summed E-state index contributed by atoms with van der Waals surface area (Å²) in [4.78, 5) is 0. The number of rotatable bonds is 2. The highest BCUT2D eigenvalue weighted by molar-refractivity contribution is 7.75. The standard InChI is InChI=1S/C5H10O3S/c1-2-3-5-4-7-9(6)8-5/h5H,2-4H2,1H3. The Kier molecular flexibility index (Phi) is 2.63. The summed E-state index contributed by atoms with van der Waals surface area (Å²) in [5.74, 6) is 0. The van der Waals surface area contributed by atoms with Crippen molar-refractivity contribution in [3.63, 3.8) is 0 Å². The van der Waals surface area contributed by atoms with Gasteiger partial charge in [-0.05, 0) is 6.42 Å². The van der Waals surface area contributed by atoms with E-state index in [9.17, 15) is 4.21 Å². The van der Waals surface area contributed by atoms with Crippen LogP contribution in [0.25, 0.3) is 0 Å². The summed E-state index contributed by atoms with van der Waals surface area (Å²) < 4.78 is 19.9. The minimum atomic E-state index is -1.45. The molecule has 0 aliphatic carbocycles. The maximum atomic E-state index is 10.4. The van der Waals surface area contributed by atoms with E-state index in [0.29, 0.717) is 6.61 Å². The lowest BCUT2D eigenvalue weighted by molar-refractivity contribution is 0.226. The SMILES string of the molecule is CCCC1COS(=O)O1. The predicted molar refractivity (Wildman–Crippen MR) is 33.9 cm³/mol. The van der Waals surface area contributed by atoms with E-state index in [1.165, 1.54) is 0 Å². The summed E-state index contributed by atoms with van der Waals surface area (Å²) in [5, 5.41) is 0. The van der Waals surface area contributed by atoms with E-state index in [1.54, 1.807) is 0 Å². The van der Waals surface area contributed by atoms with E-state index >= 15 is 0 Å². The van der Waals surface area contributed by atoms with Crippen LogP contribution in [0.4, 0.5) is 0 Å². The van der Waals surface area contributed by atoms with Crippen LogP contribution in [0.3, 0.4) is 0 Å². The van der Waals surface area contributed by atoms with Crippen LogP contribution in [0.2, 0.25) is 0 Å². The fourth-order valence-electron chi connectivity index (χ4n) is 0.752. The maximum absolute atomic E-state index is 10.4. The smallest absolute Gasteiger partial charge is 0.266 e. The molecule has 4 heteroatoms. The third-order valence-electron chi connectivity index (χ3n) is 1.18. The quantitative estimate of drug-likeness (QED) is 0.583. The molecule has 3 nitrogen and oxygen atoms in total. The number of hydrogen-bond acceptors (Lipinski definition) is 3. The molecule has 1 saturated heterocycles. The first-order valence-electron chi connectivity index (χ1n) is 3.05. The van der Waals surface area contributed by atoms with E-state index in [0.717, 1.165) is 12.8 Å². The van der Waals surface area contributed by atoms with E-state index in [1.807, 2.05) is 0 Å². The average molecular weight is 150 g/mol. The first-order valence-corrected chi connectivity index (χ1v) is 4.05. The minimum Gasteiger partial charge on any atom is -0.266 e. The van der Waals surface area contributed by atoms with Crippen molar-refractivity contribution >= 4 is 11.4 Å². The van der Waals surface area contributed by atoms with E-state index < -0.39 is 11.4 Å². The molecule has 1 rings (SSSR count). The van der Waals surface area contributed by atoms with Crippen molar-refractivity contribution in [1.82, 2.24) is 0 Å². The summed E-state index contributed by atoms with van der Waals surface area (Å²) in [7, 11) is 0. The van der Waals surface area contributed by atoms with Gasteiger partial charge in [0.25, 0.3) is 0 Å². The summed E-state index contributed by atoms with van der Waals surface area (Å²) in [5.41, 5.74) is 0. The molecule has 0 aromatic rings. The highest BCUT2D eigenvalue weighted by Gasteiger charge is 2.21. The molecule has 2 unspecified atom stereocenters. The first-order chi connectivity index (χ1) is 4.33. The largest absolute Gasteiger partial charge is 0.305 e. The van der Waals surface area contributed by atoms with Gasteiger partial charge >= 0.3 is 11.4 Å². The van der Waals surface area contributed by atoms with Gasteiger partial charge in [0, 0.05) is 0 Å². The zero-order chi connectivity index (χ0) is 6.69. The third-order valence-corrected chi connectivity index (χ3v) is 1.93. The van der Waals surface area contributed by atoms with E-state index in [2.05, 4.69) is 11.1 Å². The van der Waals surface area contributed by atoms with Crippen molar-refractivity contribution in [2.24, 2.45) is 0 Å². The van der Waals surface area contributed by atoms with Gasteiger partial charge in [-0.1, -0.05) is 13.3 Å². The Morgan fingerprint density at radius 1 is 1.78 bits per heavy atom. The molecular weight excluding hydrogens is 140 g/mol. The maximum Gasteiger partial charge on any atom is 0.305 e. The molecule has 0 amide bonds. The minimum absolute atomic E-state index is 0.0656. The van der Waals surface area contributed by atoms with Gasteiger partial charge in [-0.2, -0.15) is 4.21 Å². The fourth-order valence-corrected chi connectivity index (χ4v) is 1.44. The van der Waals surface area contributed by atoms with Gasteiger partial charge in [0.05, 0.1) is 6.61 Å². The van der Waals surface area contributed by atoms with Crippen molar-refractivity contribution in [2.75, 3.05) is 6.61 Å². The van der Waals surface area contributed by atoms with Crippen LogP contribution in [-0.4, -0.2) is 16.9 Å². The van der Waals surface area contributed by atoms with Crippen LogP contribution in [0, 0.1) is 0 Å². The highest BCUT2D eigenvalue weighted by Crippen LogP contribution is 2.12. The van der Waals surface area contributed by atoms with Crippen LogP contribution >= 0.6 is 0 Å². The molecule has 0 aromatic heterocycles. The Hall–Kier alpha value is 0.0700. The molecule has 0 saturated carbocycles. The lowest BCUT2D eigenvalue weighted by Crippen LogP contribution is -2.07. The third kappa shape index (κ3) is 2.04. The van der Waals surface area contributed by atoms with Crippen molar-refractivity contribution in [3.8, 4) is 0 Å². The predicted octanol–water partition coefficient (Wildman–Crippen LogP) is 0.781. The molecule has 0 bridgehead atoms. The molecule has 1 heterocycles. The van der Waals surface area contributed by atoms with Crippen molar-refractivity contribution < 1.29 is 12.6 Å². The van der Waals surface area contributed by atoms with Crippen LogP contribution < -0.4 is 0 Å². The topological polar surface area (TPSA) is 35.5 Å².